The summed E-state index contributed by atoms with van der Waals surface area (Å²) in [6, 6.07) is 19.2. The van der Waals surface area contributed by atoms with Gasteiger partial charge < -0.3 is 15.5 Å². The smallest absolute Gasteiger partial charge is 0.255 e. The third-order valence-corrected chi connectivity index (χ3v) is 6.69. The van der Waals surface area contributed by atoms with E-state index in [1.54, 1.807) is 24.3 Å². The highest BCUT2D eigenvalue weighted by molar-refractivity contribution is 6.06. The molecule has 5 rings (SSSR count). The summed E-state index contributed by atoms with van der Waals surface area (Å²) in [6.45, 7) is 4.84. The second kappa shape index (κ2) is 10.7. The Morgan fingerprint density at radius 1 is 0.857 bits per heavy atom. The number of hydrogen-bond acceptors (Lipinski definition) is 5. The summed E-state index contributed by atoms with van der Waals surface area (Å²) in [5.74, 6) is 0.0554. The number of hydrogen-bond donors (Lipinski definition) is 2. The lowest BCUT2D eigenvalue weighted by Crippen LogP contribution is -2.47. The third-order valence-electron chi connectivity index (χ3n) is 6.69. The zero-order valence-corrected chi connectivity index (χ0v) is 19.8. The van der Waals surface area contributed by atoms with Crippen LogP contribution in [-0.2, 0) is 11.2 Å². The number of pyridine rings is 1. The molecular formula is C28H31N5O2. The summed E-state index contributed by atoms with van der Waals surface area (Å²) in [4.78, 5) is 33.8. The van der Waals surface area contributed by atoms with Crippen molar-refractivity contribution in [2.45, 2.75) is 19.3 Å². The summed E-state index contributed by atoms with van der Waals surface area (Å²) in [7, 11) is 0. The van der Waals surface area contributed by atoms with Gasteiger partial charge in [0.2, 0.25) is 5.91 Å². The molecule has 35 heavy (non-hydrogen) atoms. The number of piperazine rings is 1. The highest BCUT2D eigenvalue weighted by Gasteiger charge is 2.29. The first-order chi connectivity index (χ1) is 17.2. The molecule has 2 amide bonds. The van der Waals surface area contributed by atoms with Crippen molar-refractivity contribution in [1.29, 1.82) is 0 Å². The van der Waals surface area contributed by atoms with Crippen LogP contribution in [0.3, 0.4) is 0 Å². The van der Waals surface area contributed by atoms with Gasteiger partial charge in [0.25, 0.3) is 5.91 Å². The molecule has 3 aromatic rings. The van der Waals surface area contributed by atoms with Gasteiger partial charge in [-0.3, -0.25) is 19.5 Å². The van der Waals surface area contributed by atoms with Gasteiger partial charge in [-0.2, -0.15) is 0 Å². The van der Waals surface area contributed by atoms with Gasteiger partial charge in [0.15, 0.2) is 0 Å². The highest BCUT2D eigenvalue weighted by Crippen LogP contribution is 2.30. The van der Waals surface area contributed by atoms with E-state index < -0.39 is 0 Å². The van der Waals surface area contributed by atoms with Gasteiger partial charge >= 0.3 is 0 Å². The van der Waals surface area contributed by atoms with E-state index in [-0.39, 0.29) is 17.7 Å². The zero-order chi connectivity index (χ0) is 24.0. The number of para-hydroxylation sites is 2. The molecule has 0 bridgehead atoms. The molecule has 1 saturated heterocycles. The van der Waals surface area contributed by atoms with E-state index in [0.717, 1.165) is 69.0 Å². The average Bonchev–Trinajstić information content (AvgIpc) is 3.75. The largest absolute Gasteiger partial charge is 0.367 e. The second-order valence-electron chi connectivity index (χ2n) is 9.25. The van der Waals surface area contributed by atoms with Crippen LogP contribution in [-0.4, -0.2) is 54.4 Å². The number of benzene rings is 2. The van der Waals surface area contributed by atoms with Crippen molar-refractivity contribution in [2.75, 3.05) is 48.3 Å². The van der Waals surface area contributed by atoms with E-state index in [4.69, 9.17) is 0 Å². The standard InChI is InChI=1S/C28H31N5O2/c34-27(22-5-6-22)30-24-9-7-23(8-10-24)28(35)31-25-3-1-2-4-26(25)33-19-17-32(18-20-33)16-13-21-11-14-29-15-12-21/h1-4,7-12,14-15,22H,5-6,13,16-20H2,(H,30,34)(H,31,35). The number of carbonyl (C=O) groups excluding carboxylic acids is 2. The molecule has 0 unspecified atom stereocenters. The third kappa shape index (κ3) is 6.05. The van der Waals surface area contributed by atoms with Crippen LogP contribution in [0.1, 0.15) is 28.8 Å². The molecule has 7 nitrogen and oxygen atoms in total. The molecule has 1 aliphatic carbocycles. The van der Waals surface area contributed by atoms with Gasteiger partial charge in [-0.15, -0.1) is 0 Å². The van der Waals surface area contributed by atoms with Gasteiger partial charge in [-0.1, -0.05) is 12.1 Å². The SMILES string of the molecule is O=C(Nc1ccccc1N1CCN(CCc2ccncc2)CC1)c1ccc(NC(=O)C2CC2)cc1. The Morgan fingerprint density at radius 2 is 1.57 bits per heavy atom. The maximum Gasteiger partial charge on any atom is 0.255 e. The Labute approximate surface area is 206 Å². The first-order valence-corrected chi connectivity index (χ1v) is 12.3. The Morgan fingerprint density at radius 3 is 2.29 bits per heavy atom. The lowest BCUT2D eigenvalue weighted by Gasteiger charge is -2.37. The molecule has 180 valence electrons. The molecule has 2 N–H and O–H groups in total. The second-order valence-corrected chi connectivity index (χ2v) is 9.25. The lowest BCUT2D eigenvalue weighted by molar-refractivity contribution is -0.117. The van der Waals surface area contributed by atoms with Gasteiger partial charge in [0.1, 0.15) is 0 Å². The van der Waals surface area contributed by atoms with Gasteiger partial charge in [0.05, 0.1) is 11.4 Å². The fraction of sp³-hybridized carbons (Fsp3) is 0.321. The number of carbonyl (C=O) groups is 2. The Balaban J connectivity index is 1.16. The van der Waals surface area contributed by atoms with Crippen LogP contribution in [0.5, 0.6) is 0 Å². The fourth-order valence-corrected chi connectivity index (χ4v) is 4.39. The van der Waals surface area contributed by atoms with Crippen LogP contribution in [0.4, 0.5) is 17.1 Å². The predicted octanol–water partition coefficient (Wildman–Crippen LogP) is 4.05. The van der Waals surface area contributed by atoms with Crippen molar-refractivity contribution in [3.63, 3.8) is 0 Å². The van der Waals surface area contributed by atoms with Crippen molar-refractivity contribution in [2.24, 2.45) is 5.92 Å². The number of anilines is 3. The van der Waals surface area contributed by atoms with Crippen LogP contribution in [0.15, 0.2) is 73.1 Å². The summed E-state index contributed by atoms with van der Waals surface area (Å²) >= 11 is 0. The molecule has 1 aliphatic heterocycles. The maximum atomic E-state index is 12.9. The summed E-state index contributed by atoms with van der Waals surface area (Å²) in [5, 5.41) is 5.99. The molecule has 1 aromatic heterocycles. The van der Waals surface area contributed by atoms with Crippen LogP contribution in [0.2, 0.25) is 0 Å². The number of nitrogens with one attached hydrogen (secondary N) is 2. The summed E-state index contributed by atoms with van der Waals surface area (Å²) in [5.41, 5.74) is 4.46. The van der Waals surface area contributed by atoms with Gasteiger partial charge in [0, 0.05) is 62.3 Å². The number of nitrogens with zero attached hydrogens (tertiary/aromatic N) is 3. The number of amides is 2. The average molecular weight is 470 g/mol. The molecular weight excluding hydrogens is 438 g/mol. The van der Waals surface area contributed by atoms with E-state index >= 15 is 0 Å². The first-order valence-electron chi connectivity index (χ1n) is 12.3. The molecule has 1 saturated carbocycles. The van der Waals surface area contributed by atoms with Crippen LogP contribution < -0.4 is 15.5 Å². The van der Waals surface area contributed by atoms with Gasteiger partial charge in [-0.05, 0) is 73.4 Å². The van der Waals surface area contributed by atoms with Crippen LogP contribution in [0.25, 0.3) is 0 Å². The van der Waals surface area contributed by atoms with E-state index in [1.165, 1.54) is 5.56 Å². The Kier molecular flexibility index (Phi) is 7.04. The minimum atomic E-state index is -0.159. The molecule has 2 heterocycles. The maximum absolute atomic E-state index is 12.9. The van der Waals surface area contributed by atoms with E-state index in [2.05, 4.69) is 43.6 Å². The normalized spacial score (nSPS) is 16.1. The fourth-order valence-electron chi connectivity index (χ4n) is 4.39. The van der Waals surface area contributed by atoms with Crippen LogP contribution >= 0.6 is 0 Å². The molecule has 0 atom stereocenters. The monoisotopic (exact) mass is 469 g/mol. The predicted molar refractivity (Wildman–Crippen MR) is 139 cm³/mol. The van der Waals surface area contributed by atoms with Crippen molar-refractivity contribution in [3.05, 3.63) is 84.2 Å². The molecule has 2 aliphatic rings. The molecule has 7 heteroatoms. The van der Waals surface area contributed by atoms with Crippen LogP contribution in [0, 0.1) is 5.92 Å². The lowest BCUT2D eigenvalue weighted by atomic mass is 10.1. The van der Waals surface area contributed by atoms with E-state index in [9.17, 15) is 9.59 Å². The summed E-state index contributed by atoms with van der Waals surface area (Å²) < 4.78 is 0. The first kappa shape index (κ1) is 23.1. The van der Waals surface area contributed by atoms with Crippen molar-refractivity contribution in [3.8, 4) is 0 Å². The van der Waals surface area contributed by atoms with E-state index in [1.807, 2.05) is 30.6 Å². The quantitative estimate of drug-likeness (QED) is 0.521. The Bertz CT molecular complexity index is 1150. The Hall–Kier alpha value is -3.71. The summed E-state index contributed by atoms with van der Waals surface area (Å²) in [6.07, 6.45) is 6.65. The topological polar surface area (TPSA) is 77.6 Å². The molecule has 2 fully saturated rings. The van der Waals surface area contributed by atoms with Gasteiger partial charge in [-0.25, -0.2) is 0 Å². The minimum Gasteiger partial charge on any atom is -0.367 e. The minimum absolute atomic E-state index is 0.0635. The highest BCUT2D eigenvalue weighted by atomic mass is 16.2. The van der Waals surface area contributed by atoms with E-state index in [0.29, 0.717) is 5.56 Å². The molecule has 0 radical (unpaired) electrons. The van der Waals surface area contributed by atoms with Crippen molar-refractivity contribution < 1.29 is 9.59 Å². The number of aromatic nitrogens is 1. The zero-order valence-electron chi connectivity index (χ0n) is 19.8. The van der Waals surface area contributed by atoms with Crippen molar-refractivity contribution >= 4 is 28.9 Å². The number of rotatable bonds is 8. The molecule has 2 aromatic carbocycles. The van der Waals surface area contributed by atoms with Crippen molar-refractivity contribution in [1.82, 2.24) is 9.88 Å². The molecule has 0 spiro atoms.